The van der Waals surface area contributed by atoms with Gasteiger partial charge in [-0.2, -0.15) is 0 Å². The van der Waals surface area contributed by atoms with Crippen LogP contribution in [0.4, 0.5) is 0 Å². The van der Waals surface area contributed by atoms with Crippen LogP contribution in [0.3, 0.4) is 0 Å². The zero-order chi connectivity index (χ0) is 19.4. The molecule has 3 fully saturated rings. The number of hydrogen-bond acceptors (Lipinski definition) is 4. The average Bonchev–Trinajstić information content (AvgIpc) is 2.91. The molecule has 0 bridgehead atoms. The van der Waals surface area contributed by atoms with Gasteiger partial charge in [0.25, 0.3) is 0 Å². The molecule has 0 heterocycles. The minimum absolute atomic E-state index is 0.0662. The maximum atomic E-state index is 13.4. The number of carbonyl (C=O) groups is 3. The van der Waals surface area contributed by atoms with Crippen molar-refractivity contribution in [1.29, 1.82) is 0 Å². The van der Waals surface area contributed by atoms with Crippen LogP contribution in [0.15, 0.2) is 23.3 Å². The molecule has 4 heteroatoms. The summed E-state index contributed by atoms with van der Waals surface area (Å²) < 4.78 is 5.12. The smallest absolute Gasteiger partial charge is 0.302 e. The van der Waals surface area contributed by atoms with Gasteiger partial charge in [-0.3, -0.25) is 14.4 Å². The number of hydrogen-bond donors (Lipinski definition) is 0. The predicted molar refractivity (Wildman–Crippen MR) is 102 cm³/mol. The van der Waals surface area contributed by atoms with Crippen LogP contribution >= 0.6 is 0 Å². The molecular weight excluding hydrogens is 340 g/mol. The fourth-order valence-corrected chi connectivity index (χ4v) is 6.83. The Balaban J connectivity index is 1.64. The highest BCUT2D eigenvalue weighted by molar-refractivity contribution is 5.93. The zero-order valence-corrected chi connectivity index (χ0v) is 16.7. The second kappa shape index (κ2) is 6.42. The molecule has 4 nitrogen and oxygen atoms in total. The SMILES string of the molecule is CC(=O)OC/C=C1\CC[C@@H]2[C@H]3CCC4=CC(=O)CC[C@@]4(C)[C@@H]3C(=O)C[C@@]12C. The summed E-state index contributed by atoms with van der Waals surface area (Å²) in [5, 5.41) is 0. The van der Waals surface area contributed by atoms with Crippen LogP contribution in [0.2, 0.25) is 0 Å². The van der Waals surface area contributed by atoms with Crippen molar-refractivity contribution in [3.05, 3.63) is 23.3 Å². The van der Waals surface area contributed by atoms with Crippen molar-refractivity contribution >= 4 is 17.5 Å². The number of ether oxygens (including phenoxy) is 1. The van der Waals surface area contributed by atoms with Crippen LogP contribution in [0.5, 0.6) is 0 Å². The molecule has 4 aliphatic rings. The van der Waals surface area contributed by atoms with E-state index in [1.54, 1.807) is 0 Å². The second-order valence-corrected chi connectivity index (χ2v) is 9.47. The highest BCUT2D eigenvalue weighted by Crippen LogP contribution is 2.65. The maximum absolute atomic E-state index is 13.4. The highest BCUT2D eigenvalue weighted by atomic mass is 16.5. The summed E-state index contributed by atoms with van der Waals surface area (Å²) in [6.45, 7) is 6.21. The molecule has 0 saturated heterocycles. The average molecular weight is 370 g/mol. The lowest BCUT2D eigenvalue weighted by molar-refractivity contribution is -0.143. The summed E-state index contributed by atoms with van der Waals surface area (Å²) in [4.78, 5) is 36.4. The van der Waals surface area contributed by atoms with Gasteiger partial charge >= 0.3 is 5.97 Å². The molecule has 0 spiro atoms. The van der Waals surface area contributed by atoms with Gasteiger partial charge in [0, 0.05) is 25.7 Å². The maximum Gasteiger partial charge on any atom is 0.302 e. The van der Waals surface area contributed by atoms with Crippen molar-refractivity contribution in [1.82, 2.24) is 0 Å². The Morgan fingerprint density at radius 1 is 1.19 bits per heavy atom. The van der Waals surface area contributed by atoms with Gasteiger partial charge in [-0.05, 0) is 66.9 Å². The summed E-state index contributed by atoms with van der Waals surface area (Å²) in [5.41, 5.74) is 2.30. The van der Waals surface area contributed by atoms with Crippen LogP contribution < -0.4 is 0 Å². The van der Waals surface area contributed by atoms with Crippen molar-refractivity contribution in [3.63, 3.8) is 0 Å². The molecule has 0 radical (unpaired) electrons. The lowest BCUT2D eigenvalue weighted by atomic mass is 9.47. The fraction of sp³-hybridized carbons (Fsp3) is 0.696. The first-order chi connectivity index (χ1) is 12.8. The minimum atomic E-state index is -0.266. The van der Waals surface area contributed by atoms with Crippen molar-refractivity contribution in [2.45, 2.75) is 65.7 Å². The first-order valence-corrected chi connectivity index (χ1v) is 10.3. The molecule has 27 heavy (non-hydrogen) atoms. The molecular formula is C23H30O4. The van der Waals surface area contributed by atoms with Crippen molar-refractivity contribution in [2.24, 2.45) is 28.6 Å². The van der Waals surface area contributed by atoms with Crippen LogP contribution in [0.1, 0.15) is 65.7 Å². The van der Waals surface area contributed by atoms with Crippen LogP contribution in [0.25, 0.3) is 0 Å². The summed E-state index contributed by atoms with van der Waals surface area (Å²) in [7, 11) is 0. The zero-order valence-electron chi connectivity index (χ0n) is 16.7. The van der Waals surface area contributed by atoms with Crippen LogP contribution in [-0.4, -0.2) is 24.1 Å². The number of rotatable bonds is 2. The van der Waals surface area contributed by atoms with Gasteiger partial charge < -0.3 is 4.74 Å². The molecule has 0 aliphatic heterocycles. The molecule has 4 aliphatic carbocycles. The van der Waals surface area contributed by atoms with Gasteiger partial charge in [-0.15, -0.1) is 0 Å². The topological polar surface area (TPSA) is 60.4 Å². The van der Waals surface area contributed by atoms with Gasteiger partial charge in [0.2, 0.25) is 0 Å². The van der Waals surface area contributed by atoms with Crippen molar-refractivity contribution < 1.29 is 19.1 Å². The Kier molecular flexibility index (Phi) is 4.44. The van der Waals surface area contributed by atoms with Crippen LogP contribution in [0, 0.1) is 28.6 Å². The van der Waals surface area contributed by atoms with E-state index in [1.165, 1.54) is 18.1 Å². The van der Waals surface area contributed by atoms with E-state index >= 15 is 0 Å². The number of allylic oxidation sites excluding steroid dienone is 2. The number of Topliss-reactive ketones (excluding diaryl/α,β-unsaturated/α-hetero) is 1. The van der Waals surface area contributed by atoms with E-state index in [-0.39, 0.29) is 28.5 Å². The number of ketones is 2. The third-order valence-corrected chi connectivity index (χ3v) is 8.12. The Labute approximate surface area is 161 Å². The molecule has 0 aromatic rings. The largest absolute Gasteiger partial charge is 0.462 e. The standard InChI is InChI=1S/C23H30O4/c1-14(24)27-11-9-15-5-7-19-18-6-4-16-12-17(25)8-10-22(16,2)21(18)20(26)13-23(15,19)3/h9,12,18-19,21H,4-8,10-11,13H2,1-3H3/b15-9+/t18-,19-,21+,22-,23+/m1/s1. The van der Waals surface area contributed by atoms with E-state index < -0.39 is 0 Å². The Morgan fingerprint density at radius 2 is 1.96 bits per heavy atom. The molecule has 0 aromatic carbocycles. The Hall–Kier alpha value is -1.71. The van der Waals surface area contributed by atoms with Gasteiger partial charge in [-0.1, -0.05) is 25.0 Å². The monoisotopic (exact) mass is 370 g/mol. The first-order valence-electron chi connectivity index (χ1n) is 10.3. The Morgan fingerprint density at radius 3 is 2.70 bits per heavy atom. The van der Waals surface area contributed by atoms with E-state index in [2.05, 4.69) is 13.8 Å². The number of esters is 1. The van der Waals surface area contributed by atoms with Crippen molar-refractivity contribution in [3.8, 4) is 0 Å². The minimum Gasteiger partial charge on any atom is -0.462 e. The van der Waals surface area contributed by atoms with E-state index in [0.717, 1.165) is 32.1 Å². The summed E-state index contributed by atoms with van der Waals surface area (Å²) >= 11 is 0. The normalized spacial score (nSPS) is 42.3. The third kappa shape index (κ3) is 2.83. The van der Waals surface area contributed by atoms with E-state index in [9.17, 15) is 14.4 Å². The Bertz CT molecular complexity index is 760. The van der Waals surface area contributed by atoms with Crippen molar-refractivity contribution in [2.75, 3.05) is 6.61 Å². The summed E-state index contributed by atoms with van der Waals surface area (Å²) in [5.74, 6) is 1.33. The molecule has 4 rings (SSSR count). The lowest BCUT2D eigenvalue weighted by Gasteiger charge is -2.56. The summed E-state index contributed by atoms with van der Waals surface area (Å²) in [6, 6.07) is 0. The molecule has 0 unspecified atom stereocenters. The molecule has 0 aromatic heterocycles. The molecule has 0 amide bonds. The summed E-state index contributed by atoms with van der Waals surface area (Å²) in [6.07, 6.45) is 9.96. The molecule has 3 saturated carbocycles. The third-order valence-electron chi connectivity index (χ3n) is 8.12. The molecule has 146 valence electrons. The van der Waals surface area contributed by atoms with E-state index in [4.69, 9.17) is 4.74 Å². The van der Waals surface area contributed by atoms with Gasteiger partial charge in [0.15, 0.2) is 5.78 Å². The highest BCUT2D eigenvalue weighted by Gasteiger charge is 2.60. The van der Waals surface area contributed by atoms with E-state index in [0.29, 0.717) is 37.1 Å². The van der Waals surface area contributed by atoms with Crippen LogP contribution in [-0.2, 0) is 19.1 Å². The van der Waals surface area contributed by atoms with Gasteiger partial charge in [0.05, 0.1) is 0 Å². The molecule has 0 N–H and O–H groups in total. The number of carbonyl (C=O) groups excluding carboxylic acids is 3. The second-order valence-electron chi connectivity index (χ2n) is 9.47. The predicted octanol–water partition coefficient (Wildman–Crippen LogP) is 4.19. The van der Waals surface area contributed by atoms with Gasteiger partial charge in [-0.25, -0.2) is 0 Å². The quantitative estimate of drug-likeness (QED) is 0.540. The fourth-order valence-electron chi connectivity index (χ4n) is 6.83. The lowest BCUT2D eigenvalue weighted by Crippen LogP contribution is -2.54. The molecule has 5 atom stereocenters. The first kappa shape index (κ1) is 18.6. The van der Waals surface area contributed by atoms with Gasteiger partial charge in [0.1, 0.15) is 12.4 Å². The number of fused-ring (bicyclic) bond motifs is 5. The van der Waals surface area contributed by atoms with E-state index in [1.807, 2.05) is 12.2 Å².